The second-order valence-corrected chi connectivity index (χ2v) is 5.30. The van der Waals surface area contributed by atoms with Crippen molar-refractivity contribution in [2.75, 3.05) is 0 Å². The molecule has 2 aromatic heterocycles. The molecule has 3 nitrogen and oxygen atoms in total. The summed E-state index contributed by atoms with van der Waals surface area (Å²) in [6.07, 6.45) is 3.50. The lowest BCUT2D eigenvalue weighted by atomic mass is 10.1. The molecule has 0 aliphatic rings. The normalized spacial score (nSPS) is 12.8. The number of rotatable bonds is 7. The van der Waals surface area contributed by atoms with Crippen LogP contribution in [0, 0.1) is 0 Å². The maximum atomic E-state index is 12.1. The van der Waals surface area contributed by atoms with Gasteiger partial charge in [-0.3, -0.25) is 4.98 Å². The second-order valence-electron chi connectivity index (χ2n) is 4.32. The molecular weight excluding hydrogens is 282 g/mol. The van der Waals surface area contributed by atoms with Crippen molar-refractivity contribution in [3.63, 3.8) is 0 Å². The summed E-state index contributed by atoms with van der Waals surface area (Å²) in [6.45, 7) is 2.61. The van der Waals surface area contributed by atoms with Crippen LogP contribution in [-0.2, 0) is 12.3 Å². The van der Waals surface area contributed by atoms with E-state index in [4.69, 9.17) is 4.42 Å². The van der Waals surface area contributed by atoms with Crippen molar-refractivity contribution in [3.8, 4) is 0 Å². The first-order chi connectivity index (χ1) is 9.65. The fourth-order valence-electron chi connectivity index (χ4n) is 1.76. The number of halogens is 2. The number of hydrogen-bond acceptors (Lipinski definition) is 4. The lowest BCUT2D eigenvalue weighted by molar-refractivity contribution is 0.251. The van der Waals surface area contributed by atoms with Crippen LogP contribution < -0.4 is 5.32 Å². The molecule has 2 rings (SSSR count). The molecule has 0 radical (unpaired) electrons. The molecule has 0 amide bonds. The molecule has 1 atom stereocenters. The molecule has 6 heteroatoms. The Morgan fingerprint density at radius 3 is 2.60 bits per heavy atom. The SMILES string of the molecule is C[C@@H](NCc1ccc(CSC(F)F)o1)c1ccncc1. The van der Waals surface area contributed by atoms with Crippen LogP contribution in [0.25, 0.3) is 0 Å². The first-order valence-corrected chi connectivity index (χ1v) is 7.30. The molecule has 0 aromatic carbocycles. The number of nitrogens with one attached hydrogen (secondary N) is 1. The third-order valence-electron chi connectivity index (χ3n) is 2.86. The summed E-state index contributed by atoms with van der Waals surface area (Å²) in [5.41, 5.74) is 1.14. The maximum absolute atomic E-state index is 12.1. The van der Waals surface area contributed by atoms with Crippen molar-refractivity contribution in [2.45, 2.75) is 31.0 Å². The Morgan fingerprint density at radius 1 is 1.20 bits per heavy atom. The highest BCUT2D eigenvalue weighted by molar-refractivity contribution is 7.98. The van der Waals surface area contributed by atoms with Gasteiger partial charge in [-0.1, -0.05) is 11.8 Å². The number of furan rings is 1. The van der Waals surface area contributed by atoms with Crippen molar-refractivity contribution < 1.29 is 13.2 Å². The highest BCUT2D eigenvalue weighted by atomic mass is 32.2. The topological polar surface area (TPSA) is 38.1 Å². The zero-order chi connectivity index (χ0) is 14.4. The summed E-state index contributed by atoms with van der Waals surface area (Å²) in [7, 11) is 0. The van der Waals surface area contributed by atoms with Gasteiger partial charge in [0.1, 0.15) is 11.5 Å². The standard InChI is InChI=1S/C14H16F2N2OS/c1-10(11-4-6-17-7-5-11)18-8-12-2-3-13(19-12)9-20-14(15)16/h2-7,10,14,18H,8-9H2,1H3/t10-/m1/s1. The largest absolute Gasteiger partial charge is 0.464 e. The van der Waals surface area contributed by atoms with E-state index in [0.29, 0.717) is 24.1 Å². The van der Waals surface area contributed by atoms with Gasteiger partial charge in [0, 0.05) is 18.4 Å². The van der Waals surface area contributed by atoms with Crippen molar-refractivity contribution in [1.29, 1.82) is 0 Å². The number of thioether (sulfide) groups is 1. The minimum Gasteiger partial charge on any atom is -0.464 e. The van der Waals surface area contributed by atoms with Crippen LogP contribution in [0.3, 0.4) is 0 Å². The Kier molecular flexibility index (Phi) is 5.55. The van der Waals surface area contributed by atoms with E-state index in [2.05, 4.69) is 10.3 Å². The maximum Gasteiger partial charge on any atom is 0.284 e. The third kappa shape index (κ3) is 4.61. The van der Waals surface area contributed by atoms with Crippen LogP contribution in [0.4, 0.5) is 8.78 Å². The quantitative estimate of drug-likeness (QED) is 0.839. The molecule has 0 bridgehead atoms. The van der Waals surface area contributed by atoms with Gasteiger partial charge in [-0.25, -0.2) is 0 Å². The van der Waals surface area contributed by atoms with Crippen LogP contribution in [0.15, 0.2) is 41.1 Å². The summed E-state index contributed by atoms with van der Waals surface area (Å²) >= 11 is 0.565. The number of alkyl halides is 2. The zero-order valence-electron chi connectivity index (χ0n) is 11.1. The van der Waals surface area contributed by atoms with Gasteiger partial charge >= 0.3 is 0 Å². The first kappa shape index (κ1) is 15.0. The minimum absolute atomic E-state index is 0.169. The van der Waals surface area contributed by atoms with Gasteiger partial charge in [-0.15, -0.1) is 0 Å². The highest BCUT2D eigenvalue weighted by Crippen LogP contribution is 2.21. The Morgan fingerprint density at radius 2 is 1.90 bits per heavy atom. The number of pyridine rings is 1. The van der Waals surface area contributed by atoms with Crippen LogP contribution in [0.5, 0.6) is 0 Å². The number of aromatic nitrogens is 1. The molecule has 2 aromatic rings. The van der Waals surface area contributed by atoms with E-state index in [9.17, 15) is 8.78 Å². The second kappa shape index (κ2) is 7.40. The molecule has 1 N–H and O–H groups in total. The molecule has 2 heterocycles. The Balaban J connectivity index is 1.82. The van der Waals surface area contributed by atoms with Crippen LogP contribution >= 0.6 is 11.8 Å². The predicted molar refractivity (Wildman–Crippen MR) is 75.5 cm³/mol. The summed E-state index contributed by atoms with van der Waals surface area (Å²) in [5.74, 6) is -0.856. The van der Waals surface area contributed by atoms with Crippen LogP contribution in [-0.4, -0.2) is 10.7 Å². The zero-order valence-corrected chi connectivity index (χ0v) is 11.9. The summed E-state index contributed by atoms with van der Waals surface area (Å²) in [5, 5.41) is 3.32. The number of hydrogen-bond donors (Lipinski definition) is 1. The average Bonchev–Trinajstić information content (AvgIpc) is 2.91. The smallest absolute Gasteiger partial charge is 0.284 e. The highest BCUT2D eigenvalue weighted by Gasteiger charge is 2.09. The summed E-state index contributed by atoms with van der Waals surface area (Å²) in [4.78, 5) is 3.97. The number of nitrogens with zero attached hydrogens (tertiary/aromatic N) is 1. The lowest BCUT2D eigenvalue weighted by Crippen LogP contribution is -2.17. The molecule has 108 valence electrons. The van der Waals surface area contributed by atoms with Crippen molar-refractivity contribution >= 4 is 11.8 Å². The van der Waals surface area contributed by atoms with E-state index in [1.54, 1.807) is 18.5 Å². The van der Waals surface area contributed by atoms with Gasteiger partial charge in [0.25, 0.3) is 5.76 Å². The summed E-state index contributed by atoms with van der Waals surface area (Å²) < 4.78 is 29.6. The van der Waals surface area contributed by atoms with Gasteiger partial charge in [-0.2, -0.15) is 8.78 Å². The van der Waals surface area contributed by atoms with E-state index in [1.807, 2.05) is 25.1 Å². The molecule has 0 unspecified atom stereocenters. The Bertz CT molecular complexity index is 519. The molecule has 0 fully saturated rings. The summed E-state index contributed by atoms with van der Waals surface area (Å²) in [6, 6.07) is 7.62. The molecule has 20 heavy (non-hydrogen) atoms. The van der Waals surface area contributed by atoms with E-state index in [1.165, 1.54) is 0 Å². The average molecular weight is 298 g/mol. The van der Waals surface area contributed by atoms with E-state index < -0.39 is 5.76 Å². The molecule has 0 spiro atoms. The van der Waals surface area contributed by atoms with Crippen LogP contribution in [0.2, 0.25) is 0 Å². The minimum atomic E-state index is -2.37. The Labute approximate surface area is 120 Å². The van der Waals surface area contributed by atoms with Gasteiger partial charge in [-0.05, 0) is 36.8 Å². The van der Waals surface area contributed by atoms with E-state index in [0.717, 1.165) is 11.3 Å². The fraction of sp³-hybridized carbons (Fsp3) is 0.357. The Hall–Kier alpha value is -1.40. The molecule has 0 aliphatic carbocycles. The molecule has 0 saturated heterocycles. The fourth-order valence-corrected chi connectivity index (χ4v) is 2.21. The molecule has 0 saturated carbocycles. The first-order valence-electron chi connectivity index (χ1n) is 6.26. The van der Waals surface area contributed by atoms with Gasteiger partial charge < -0.3 is 9.73 Å². The van der Waals surface area contributed by atoms with Crippen molar-refractivity contribution in [3.05, 3.63) is 53.7 Å². The molecular formula is C14H16F2N2OS. The lowest BCUT2D eigenvalue weighted by Gasteiger charge is -2.12. The predicted octanol–water partition coefficient (Wildman–Crippen LogP) is 3.98. The third-order valence-corrected chi connectivity index (χ3v) is 3.56. The van der Waals surface area contributed by atoms with E-state index in [-0.39, 0.29) is 11.8 Å². The van der Waals surface area contributed by atoms with Crippen molar-refractivity contribution in [1.82, 2.24) is 10.3 Å². The van der Waals surface area contributed by atoms with Gasteiger partial charge in [0.2, 0.25) is 0 Å². The van der Waals surface area contributed by atoms with Gasteiger partial charge in [0.05, 0.1) is 12.3 Å². The monoisotopic (exact) mass is 298 g/mol. The van der Waals surface area contributed by atoms with Crippen LogP contribution in [0.1, 0.15) is 30.0 Å². The van der Waals surface area contributed by atoms with Crippen molar-refractivity contribution in [2.24, 2.45) is 0 Å². The van der Waals surface area contributed by atoms with E-state index >= 15 is 0 Å². The molecule has 0 aliphatic heterocycles. The van der Waals surface area contributed by atoms with Gasteiger partial charge in [0.15, 0.2) is 0 Å².